The van der Waals surface area contributed by atoms with Gasteiger partial charge in [0, 0.05) is 27.3 Å². The highest BCUT2D eigenvalue weighted by Gasteiger charge is 2.11. The first-order valence-electron chi connectivity index (χ1n) is 8.73. The average Bonchev–Trinajstić information content (AvgIpc) is 3.17. The van der Waals surface area contributed by atoms with E-state index < -0.39 is 0 Å². The van der Waals surface area contributed by atoms with Crippen LogP contribution < -0.4 is 10.6 Å². The van der Waals surface area contributed by atoms with E-state index in [1.54, 1.807) is 24.3 Å². The minimum atomic E-state index is -0.255. The number of aromatic nitrogens is 1. The van der Waals surface area contributed by atoms with E-state index >= 15 is 0 Å². The highest BCUT2D eigenvalue weighted by atomic mass is 35.5. The van der Waals surface area contributed by atoms with Gasteiger partial charge in [0.2, 0.25) is 0 Å². The van der Waals surface area contributed by atoms with Gasteiger partial charge in [0.05, 0.1) is 16.3 Å². The Labute approximate surface area is 182 Å². The Morgan fingerprint density at radius 1 is 0.897 bits per heavy atom. The zero-order chi connectivity index (χ0) is 20.2. The van der Waals surface area contributed by atoms with Crippen molar-refractivity contribution < 1.29 is 4.79 Å². The topological polar surface area (TPSA) is 54.0 Å². The minimum absolute atomic E-state index is 0.255. The Bertz CT molecular complexity index is 1180. The summed E-state index contributed by atoms with van der Waals surface area (Å²) < 4.78 is 0. The summed E-state index contributed by atoms with van der Waals surface area (Å²) >= 11 is 13.6. The summed E-state index contributed by atoms with van der Waals surface area (Å²) in [5, 5.41) is 9.92. The van der Waals surface area contributed by atoms with E-state index in [9.17, 15) is 4.79 Å². The van der Waals surface area contributed by atoms with Gasteiger partial charge >= 0.3 is 0 Å². The molecule has 0 saturated heterocycles. The van der Waals surface area contributed by atoms with Gasteiger partial charge in [0.1, 0.15) is 0 Å². The van der Waals surface area contributed by atoms with Crippen molar-refractivity contribution in [3.05, 3.63) is 93.8 Å². The van der Waals surface area contributed by atoms with Gasteiger partial charge < -0.3 is 10.6 Å². The maximum absolute atomic E-state index is 12.5. The second kappa shape index (κ2) is 8.66. The van der Waals surface area contributed by atoms with Crippen LogP contribution in [0, 0.1) is 0 Å². The molecule has 0 aliphatic carbocycles. The summed E-state index contributed by atoms with van der Waals surface area (Å²) in [5.41, 5.74) is 3.69. The van der Waals surface area contributed by atoms with Gasteiger partial charge in [-0.2, -0.15) is 0 Å². The van der Waals surface area contributed by atoms with Crippen molar-refractivity contribution in [1.29, 1.82) is 0 Å². The van der Waals surface area contributed by atoms with Crippen molar-refractivity contribution in [3.8, 4) is 11.3 Å². The molecular formula is C22H15Cl2N3OS. The third-order valence-corrected chi connectivity index (χ3v) is 5.44. The maximum atomic E-state index is 12.5. The predicted molar refractivity (Wildman–Crippen MR) is 122 cm³/mol. The first-order chi connectivity index (χ1) is 14.1. The molecule has 0 spiro atoms. The Hall–Kier alpha value is -2.86. The molecule has 0 bridgehead atoms. The number of hydrogen-bond acceptors (Lipinski definition) is 4. The summed E-state index contributed by atoms with van der Waals surface area (Å²) in [6.45, 7) is 0. The third-order valence-electron chi connectivity index (χ3n) is 4.11. The molecule has 1 heterocycles. The number of benzene rings is 3. The minimum Gasteiger partial charge on any atom is -0.331 e. The van der Waals surface area contributed by atoms with E-state index in [-0.39, 0.29) is 5.91 Å². The van der Waals surface area contributed by atoms with Crippen LogP contribution in [0.15, 0.2) is 78.2 Å². The second-order valence-electron chi connectivity index (χ2n) is 6.19. The number of nitrogens with one attached hydrogen (secondary N) is 2. The molecule has 1 amide bonds. The molecule has 0 radical (unpaired) electrons. The van der Waals surface area contributed by atoms with Crippen LogP contribution in [0.5, 0.6) is 0 Å². The van der Waals surface area contributed by atoms with Crippen LogP contribution >= 0.6 is 34.5 Å². The zero-order valence-electron chi connectivity index (χ0n) is 15.0. The number of nitrogens with zero attached hydrogens (tertiary/aromatic N) is 1. The largest absolute Gasteiger partial charge is 0.331 e. The molecular weight excluding hydrogens is 425 g/mol. The van der Waals surface area contributed by atoms with Crippen molar-refractivity contribution in [3.63, 3.8) is 0 Å². The Balaban J connectivity index is 1.51. The highest BCUT2D eigenvalue weighted by molar-refractivity contribution is 7.14. The number of thiazole rings is 1. The van der Waals surface area contributed by atoms with Crippen molar-refractivity contribution in [2.45, 2.75) is 0 Å². The van der Waals surface area contributed by atoms with Gasteiger partial charge in [-0.3, -0.25) is 4.79 Å². The van der Waals surface area contributed by atoms with Gasteiger partial charge in [-0.05, 0) is 42.5 Å². The fourth-order valence-electron chi connectivity index (χ4n) is 2.75. The van der Waals surface area contributed by atoms with Crippen LogP contribution in [0.2, 0.25) is 10.0 Å². The second-order valence-corrected chi connectivity index (χ2v) is 7.89. The normalized spacial score (nSPS) is 10.6. The van der Waals surface area contributed by atoms with Crippen LogP contribution in [0.4, 0.5) is 16.5 Å². The lowest BCUT2D eigenvalue weighted by atomic mass is 10.1. The number of carbonyl (C=O) groups is 1. The van der Waals surface area contributed by atoms with E-state index in [0.29, 0.717) is 21.3 Å². The fourth-order valence-corrected chi connectivity index (χ4v) is 3.91. The van der Waals surface area contributed by atoms with Gasteiger partial charge in [-0.1, -0.05) is 53.5 Å². The molecule has 0 atom stereocenters. The molecule has 29 heavy (non-hydrogen) atoms. The fraction of sp³-hybridized carbons (Fsp3) is 0. The number of carbonyl (C=O) groups excluding carboxylic acids is 1. The molecule has 4 rings (SSSR count). The summed E-state index contributed by atoms with van der Waals surface area (Å²) in [6, 6.07) is 22.0. The number of hydrogen-bond donors (Lipinski definition) is 2. The Morgan fingerprint density at radius 2 is 1.69 bits per heavy atom. The van der Waals surface area contributed by atoms with Crippen LogP contribution in [-0.4, -0.2) is 10.9 Å². The van der Waals surface area contributed by atoms with Crippen LogP contribution in [0.3, 0.4) is 0 Å². The lowest BCUT2D eigenvalue weighted by Gasteiger charge is -2.08. The number of amides is 1. The van der Waals surface area contributed by atoms with E-state index in [1.165, 1.54) is 11.3 Å². The molecule has 4 nitrogen and oxygen atoms in total. The molecule has 4 aromatic rings. The van der Waals surface area contributed by atoms with Gasteiger partial charge in [-0.15, -0.1) is 11.3 Å². The number of anilines is 3. The Morgan fingerprint density at radius 3 is 2.52 bits per heavy atom. The highest BCUT2D eigenvalue weighted by Crippen LogP contribution is 2.29. The summed E-state index contributed by atoms with van der Waals surface area (Å²) in [6.07, 6.45) is 0. The van der Waals surface area contributed by atoms with Crippen molar-refractivity contribution in [1.82, 2.24) is 4.98 Å². The first kappa shape index (κ1) is 19.5. The smallest absolute Gasteiger partial charge is 0.257 e. The predicted octanol–water partition coefficient (Wildman–Crippen LogP) is 7.11. The molecule has 1 aromatic heterocycles. The third kappa shape index (κ3) is 4.77. The zero-order valence-corrected chi connectivity index (χ0v) is 17.4. The van der Waals surface area contributed by atoms with E-state index in [2.05, 4.69) is 15.6 Å². The maximum Gasteiger partial charge on any atom is 0.257 e. The Kier molecular flexibility index (Phi) is 5.81. The van der Waals surface area contributed by atoms with Crippen LogP contribution in [0.1, 0.15) is 10.4 Å². The van der Waals surface area contributed by atoms with Crippen molar-refractivity contribution >= 4 is 57.0 Å². The average molecular weight is 440 g/mol. The van der Waals surface area contributed by atoms with E-state index in [1.807, 2.05) is 53.9 Å². The van der Waals surface area contributed by atoms with Crippen molar-refractivity contribution in [2.24, 2.45) is 0 Å². The molecule has 0 unspecified atom stereocenters. The van der Waals surface area contributed by atoms with Gasteiger partial charge in [0.25, 0.3) is 5.91 Å². The van der Waals surface area contributed by atoms with Crippen LogP contribution in [-0.2, 0) is 0 Å². The van der Waals surface area contributed by atoms with Gasteiger partial charge in [-0.25, -0.2) is 4.98 Å². The number of rotatable bonds is 5. The quantitative estimate of drug-likeness (QED) is 0.348. The summed E-state index contributed by atoms with van der Waals surface area (Å²) in [7, 11) is 0. The molecule has 0 saturated carbocycles. The molecule has 0 fully saturated rings. The van der Waals surface area contributed by atoms with Gasteiger partial charge in [0.15, 0.2) is 5.13 Å². The summed E-state index contributed by atoms with van der Waals surface area (Å²) in [5.74, 6) is -0.255. The lowest BCUT2D eigenvalue weighted by Crippen LogP contribution is -2.12. The molecule has 144 valence electrons. The number of halogens is 2. The SMILES string of the molecule is O=C(Nc1cccc(-c2csc(Nc3cccc(Cl)c3)n2)c1)c1ccccc1Cl. The molecule has 2 N–H and O–H groups in total. The molecule has 0 aliphatic rings. The standard InChI is InChI=1S/C22H15Cl2N3OS/c23-15-6-4-8-17(12-15)26-22-27-20(13-29-22)14-5-3-7-16(11-14)25-21(28)18-9-1-2-10-19(18)24/h1-13H,(H,25,28)(H,26,27). The summed E-state index contributed by atoms with van der Waals surface area (Å²) in [4.78, 5) is 17.1. The van der Waals surface area contributed by atoms with Crippen molar-refractivity contribution in [2.75, 3.05) is 10.6 Å². The van der Waals surface area contributed by atoms with E-state index in [4.69, 9.17) is 23.2 Å². The molecule has 3 aromatic carbocycles. The first-order valence-corrected chi connectivity index (χ1v) is 10.4. The lowest BCUT2D eigenvalue weighted by molar-refractivity contribution is 0.102. The van der Waals surface area contributed by atoms with E-state index in [0.717, 1.165) is 22.1 Å². The monoisotopic (exact) mass is 439 g/mol. The van der Waals surface area contributed by atoms with Crippen LogP contribution in [0.25, 0.3) is 11.3 Å². The molecule has 0 aliphatic heterocycles. The molecule has 7 heteroatoms.